The normalized spacial score (nSPS) is 13.9. The van der Waals surface area contributed by atoms with E-state index in [1.54, 1.807) is 0 Å². The maximum absolute atomic E-state index is 6.59. The number of ether oxygens (including phenoxy) is 1. The van der Waals surface area contributed by atoms with Crippen molar-refractivity contribution < 1.29 is 4.74 Å². The summed E-state index contributed by atoms with van der Waals surface area (Å²) in [5.74, 6) is 0.848. The van der Waals surface area contributed by atoms with Crippen molar-refractivity contribution in [1.82, 2.24) is 0 Å². The average Bonchev–Trinajstić information content (AvgIpc) is 2.78. The van der Waals surface area contributed by atoms with E-state index in [1.165, 1.54) is 19.3 Å². The minimum atomic E-state index is 0.438. The maximum atomic E-state index is 6.59. The van der Waals surface area contributed by atoms with Crippen molar-refractivity contribution >= 4 is 34.6 Å². The Balaban J connectivity index is 1.40. The topological polar surface area (TPSA) is 24.5 Å². The van der Waals surface area contributed by atoms with Gasteiger partial charge >= 0.3 is 0 Å². The Hall–Kier alpha value is -2.36. The van der Waals surface area contributed by atoms with Gasteiger partial charge in [-0.1, -0.05) is 59.6 Å². The molecule has 1 aliphatic rings. The van der Waals surface area contributed by atoms with Gasteiger partial charge in [0.05, 0.1) is 10.7 Å². The molecule has 1 saturated heterocycles. The van der Waals surface area contributed by atoms with Crippen LogP contribution in [0, 0.1) is 0 Å². The van der Waals surface area contributed by atoms with Gasteiger partial charge in [-0.2, -0.15) is 0 Å². The maximum Gasteiger partial charge on any atom is 0.124 e. The van der Waals surface area contributed by atoms with E-state index in [0.717, 1.165) is 51.4 Å². The van der Waals surface area contributed by atoms with Gasteiger partial charge < -0.3 is 15.0 Å². The van der Waals surface area contributed by atoms with Gasteiger partial charge in [-0.25, -0.2) is 0 Å². The number of hydrogen-bond acceptors (Lipinski definition) is 3. The largest absolute Gasteiger partial charge is 0.488 e. The molecule has 0 aromatic heterocycles. The van der Waals surface area contributed by atoms with Crippen molar-refractivity contribution in [2.24, 2.45) is 0 Å². The van der Waals surface area contributed by atoms with E-state index in [-0.39, 0.29) is 0 Å². The molecule has 1 aliphatic heterocycles. The molecule has 0 atom stereocenters. The molecule has 0 aliphatic carbocycles. The molecular formula is C25H26Cl2N2O. The molecule has 0 saturated carbocycles. The summed E-state index contributed by atoms with van der Waals surface area (Å²) in [5.41, 5.74) is 4.19. The highest BCUT2D eigenvalue weighted by Gasteiger charge is 2.14. The number of hydrogen-bond donors (Lipinski definition) is 1. The molecule has 5 heteroatoms. The van der Waals surface area contributed by atoms with Crippen LogP contribution in [0.2, 0.25) is 10.0 Å². The van der Waals surface area contributed by atoms with Crippen LogP contribution in [0.1, 0.15) is 30.4 Å². The first-order valence-corrected chi connectivity index (χ1v) is 11.2. The number of benzene rings is 3. The van der Waals surface area contributed by atoms with Crippen molar-refractivity contribution in [3.05, 3.63) is 87.9 Å². The molecule has 1 N–H and O–H groups in total. The van der Waals surface area contributed by atoms with Crippen LogP contribution in [0.25, 0.3) is 0 Å². The summed E-state index contributed by atoms with van der Waals surface area (Å²) in [5, 5.41) is 4.99. The average molecular weight is 441 g/mol. The first-order chi connectivity index (χ1) is 14.7. The van der Waals surface area contributed by atoms with E-state index in [0.29, 0.717) is 13.2 Å². The highest BCUT2D eigenvalue weighted by molar-refractivity contribution is 6.33. The molecular weight excluding hydrogens is 415 g/mol. The van der Waals surface area contributed by atoms with Gasteiger partial charge in [0.1, 0.15) is 12.4 Å². The zero-order chi connectivity index (χ0) is 20.8. The molecule has 3 nitrogen and oxygen atoms in total. The first-order valence-electron chi connectivity index (χ1n) is 10.4. The molecule has 30 heavy (non-hydrogen) atoms. The second kappa shape index (κ2) is 10.1. The van der Waals surface area contributed by atoms with E-state index >= 15 is 0 Å². The van der Waals surface area contributed by atoms with Gasteiger partial charge in [0, 0.05) is 41.5 Å². The fourth-order valence-corrected chi connectivity index (χ4v) is 4.26. The Morgan fingerprint density at radius 2 is 1.53 bits per heavy atom. The van der Waals surface area contributed by atoms with Crippen molar-refractivity contribution in [1.29, 1.82) is 0 Å². The number of piperidine rings is 1. The minimum absolute atomic E-state index is 0.438. The van der Waals surface area contributed by atoms with Crippen LogP contribution >= 0.6 is 23.2 Å². The van der Waals surface area contributed by atoms with Crippen LogP contribution in [0.3, 0.4) is 0 Å². The number of nitrogens with one attached hydrogen (secondary N) is 1. The Morgan fingerprint density at radius 3 is 2.30 bits per heavy atom. The summed E-state index contributed by atoms with van der Waals surface area (Å²) in [6.07, 6.45) is 3.79. The number of nitrogens with zero attached hydrogens (tertiary/aromatic N) is 1. The van der Waals surface area contributed by atoms with Crippen molar-refractivity contribution in [2.75, 3.05) is 23.3 Å². The molecule has 4 rings (SSSR count). The Kier molecular flexibility index (Phi) is 7.03. The van der Waals surface area contributed by atoms with Gasteiger partial charge in [0.25, 0.3) is 0 Å². The fraction of sp³-hybridized carbons (Fsp3) is 0.280. The quantitative estimate of drug-likeness (QED) is 0.421. The van der Waals surface area contributed by atoms with Crippen molar-refractivity contribution in [3.8, 4) is 5.75 Å². The monoisotopic (exact) mass is 440 g/mol. The van der Waals surface area contributed by atoms with Gasteiger partial charge in [-0.05, 0) is 49.6 Å². The van der Waals surface area contributed by atoms with Crippen LogP contribution in [-0.2, 0) is 13.2 Å². The molecule has 0 spiro atoms. The van der Waals surface area contributed by atoms with Crippen molar-refractivity contribution in [2.45, 2.75) is 32.4 Å². The molecule has 0 amide bonds. The number of rotatable bonds is 7. The summed E-state index contributed by atoms with van der Waals surface area (Å²) >= 11 is 12.8. The zero-order valence-corrected chi connectivity index (χ0v) is 18.4. The van der Waals surface area contributed by atoms with Gasteiger partial charge in [-0.15, -0.1) is 0 Å². The number of anilines is 2. The molecule has 0 unspecified atom stereocenters. The van der Waals surface area contributed by atoms with E-state index in [9.17, 15) is 0 Å². The van der Waals surface area contributed by atoms with Gasteiger partial charge in [0.2, 0.25) is 0 Å². The summed E-state index contributed by atoms with van der Waals surface area (Å²) in [6, 6.07) is 22.0. The summed E-state index contributed by atoms with van der Waals surface area (Å²) in [4.78, 5) is 2.38. The number of halogens is 2. The molecule has 1 fully saturated rings. The van der Waals surface area contributed by atoms with E-state index < -0.39 is 0 Å². The van der Waals surface area contributed by atoms with Gasteiger partial charge in [0.15, 0.2) is 0 Å². The first kappa shape index (κ1) is 20.9. The van der Waals surface area contributed by atoms with Gasteiger partial charge in [-0.3, -0.25) is 0 Å². The molecule has 156 valence electrons. The second-order valence-electron chi connectivity index (χ2n) is 7.56. The highest BCUT2D eigenvalue weighted by atomic mass is 35.5. The second-order valence-corrected chi connectivity index (χ2v) is 8.37. The lowest BCUT2D eigenvalue weighted by Gasteiger charge is -2.29. The summed E-state index contributed by atoms with van der Waals surface area (Å²) < 4.78 is 6.06. The minimum Gasteiger partial charge on any atom is -0.488 e. The van der Waals surface area contributed by atoms with E-state index in [4.69, 9.17) is 27.9 Å². The van der Waals surface area contributed by atoms with E-state index in [1.807, 2.05) is 48.5 Å². The summed E-state index contributed by atoms with van der Waals surface area (Å²) in [6.45, 7) is 3.26. The van der Waals surface area contributed by atoms with Crippen LogP contribution < -0.4 is 15.0 Å². The standard InChI is InChI=1S/C25H26Cl2N2O/c26-22-10-4-2-9-20(22)18-30-25-11-5-3-8-19(25)17-28-21-12-13-24(23(27)16-21)29-14-6-1-7-15-29/h2-5,8-13,16,28H,1,6-7,14-15,17-18H2. The Labute approximate surface area is 188 Å². The Bertz CT molecular complexity index is 986. The highest BCUT2D eigenvalue weighted by Crippen LogP contribution is 2.31. The lowest BCUT2D eigenvalue weighted by atomic mass is 10.1. The predicted octanol–water partition coefficient (Wildman–Crippen LogP) is 7.17. The molecule has 0 radical (unpaired) electrons. The SMILES string of the molecule is Clc1ccccc1COc1ccccc1CNc1ccc(N2CCCCC2)c(Cl)c1. The third-order valence-electron chi connectivity index (χ3n) is 5.44. The van der Waals surface area contributed by atoms with Crippen LogP contribution in [0.4, 0.5) is 11.4 Å². The molecule has 3 aromatic rings. The smallest absolute Gasteiger partial charge is 0.124 e. The lowest BCUT2D eigenvalue weighted by molar-refractivity contribution is 0.303. The molecule has 0 bridgehead atoms. The molecule has 3 aromatic carbocycles. The Morgan fingerprint density at radius 1 is 0.800 bits per heavy atom. The third kappa shape index (κ3) is 5.21. The molecule has 1 heterocycles. The van der Waals surface area contributed by atoms with Crippen LogP contribution in [-0.4, -0.2) is 13.1 Å². The van der Waals surface area contributed by atoms with Crippen LogP contribution in [0.5, 0.6) is 5.75 Å². The zero-order valence-electron chi connectivity index (χ0n) is 16.9. The predicted molar refractivity (Wildman–Crippen MR) is 127 cm³/mol. The third-order valence-corrected chi connectivity index (χ3v) is 6.11. The van der Waals surface area contributed by atoms with Crippen LogP contribution in [0.15, 0.2) is 66.7 Å². The van der Waals surface area contributed by atoms with Crippen molar-refractivity contribution in [3.63, 3.8) is 0 Å². The summed E-state index contributed by atoms with van der Waals surface area (Å²) in [7, 11) is 0. The number of para-hydroxylation sites is 1. The fourth-order valence-electron chi connectivity index (χ4n) is 3.77. The lowest BCUT2D eigenvalue weighted by Crippen LogP contribution is -2.29. The van der Waals surface area contributed by atoms with E-state index in [2.05, 4.69) is 28.4 Å².